The van der Waals surface area contributed by atoms with E-state index in [1.54, 1.807) is 0 Å². The molecule has 0 aromatic heterocycles. The van der Waals surface area contributed by atoms with Crippen molar-refractivity contribution in [2.75, 3.05) is 26.7 Å². The van der Waals surface area contributed by atoms with E-state index in [1.165, 1.54) is 16.7 Å². The Balaban J connectivity index is 0.00000320. The van der Waals surface area contributed by atoms with Crippen LogP contribution in [0.15, 0.2) is 59.6 Å². The summed E-state index contributed by atoms with van der Waals surface area (Å²) in [6, 6.07) is 18.8. The minimum absolute atomic E-state index is 0. The van der Waals surface area contributed by atoms with E-state index < -0.39 is 0 Å². The summed E-state index contributed by atoms with van der Waals surface area (Å²) in [6.45, 7) is 6.83. The van der Waals surface area contributed by atoms with Crippen molar-refractivity contribution in [3.05, 3.63) is 71.3 Å². The molecule has 0 unspecified atom stereocenters. The largest absolute Gasteiger partial charge is 0.378 e. The van der Waals surface area contributed by atoms with Gasteiger partial charge in [0.15, 0.2) is 5.96 Å². The quantitative estimate of drug-likeness (QED) is 0.312. The standard InChI is InChI=1S/C24H33N3O2.HI/c1-3-29-23-12-14-27(15-13-23)24(25-2)26-17-21-10-7-11-22(16-21)19-28-18-20-8-5-4-6-9-20;/h4-11,16,23H,3,12-15,17-19H2,1-2H3,(H,25,26);1H. The third kappa shape index (κ3) is 7.89. The van der Waals surface area contributed by atoms with Crippen LogP contribution in [0.5, 0.6) is 0 Å². The predicted octanol–water partition coefficient (Wildman–Crippen LogP) is 4.60. The van der Waals surface area contributed by atoms with Crippen LogP contribution < -0.4 is 5.32 Å². The molecule has 5 nitrogen and oxygen atoms in total. The fraction of sp³-hybridized carbons (Fsp3) is 0.458. The maximum atomic E-state index is 5.87. The number of nitrogens with zero attached hydrogens (tertiary/aromatic N) is 2. The predicted molar refractivity (Wildman–Crippen MR) is 133 cm³/mol. The van der Waals surface area contributed by atoms with Gasteiger partial charge >= 0.3 is 0 Å². The molecular weight excluding hydrogens is 489 g/mol. The molecule has 164 valence electrons. The summed E-state index contributed by atoms with van der Waals surface area (Å²) in [5.74, 6) is 0.964. The first-order chi connectivity index (χ1) is 14.3. The van der Waals surface area contributed by atoms with E-state index in [0.717, 1.165) is 45.0 Å². The second-order valence-corrected chi connectivity index (χ2v) is 7.34. The maximum absolute atomic E-state index is 5.87. The number of piperidine rings is 1. The topological polar surface area (TPSA) is 46.1 Å². The molecule has 2 aromatic carbocycles. The van der Waals surface area contributed by atoms with Crippen molar-refractivity contribution < 1.29 is 9.47 Å². The van der Waals surface area contributed by atoms with Crippen LogP contribution in [0.25, 0.3) is 0 Å². The Bertz CT molecular complexity index is 762. The average molecular weight is 523 g/mol. The zero-order valence-corrected chi connectivity index (χ0v) is 20.4. The van der Waals surface area contributed by atoms with E-state index in [4.69, 9.17) is 9.47 Å². The summed E-state index contributed by atoms with van der Waals surface area (Å²) < 4.78 is 11.6. The van der Waals surface area contributed by atoms with Crippen LogP contribution in [0, 0.1) is 0 Å². The molecule has 6 heteroatoms. The molecule has 0 amide bonds. The van der Waals surface area contributed by atoms with E-state index >= 15 is 0 Å². The van der Waals surface area contributed by atoms with Gasteiger partial charge in [-0.1, -0.05) is 54.6 Å². The second-order valence-electron chi connectivity index (χ2n) is 7.34. The summed E-state index contributed by atoms with van der Waals surface area (Å²) in [6.07, 6.45) is 2.51. The number of nitrogens with one attached hydrogen (secondary N) is 1. The van der Waals surface area contributed by atoms with Gasteiger partial charge in [-0.05, 0) is 36.5 Å². The normalized spacial score (nSPS) is 15.0. The van der Waals surface area contributed by atoms with Crippen molar-refractivity contribution >= 4 is 29.9 Å². The zero-order valence-electron chi connectivity index (χ0n) is 18.0. The summed E-state index contributed by atoms with van der Waals surface area (Å²) in [5, 5.41) is 3.51. The molecule has 3 rings (SSSR count). The fourth-order valence-corrected chi connectivity index (χ4v) is 3.67. The van der Waals surface area contributed by atoms with Crippen molar-refractivity contribution in [3.8, 4) is 0 Å². The van der Waals surface area contributed by atoms with Crippen LogP contribution in [-0.4, -0.2) is 43.7 Å². The van der Waals surface area contributed by atoms with Gasteiger partial charge in [0.25, 0.3) is 0 Å². The Kier molecular flexibility index (Phi) is 11.2. The summed E-state index contributed by atoms with van der Waals surface area (Å²) in [5.41, 5.74) is 3.62. The lowest BCUT2D eigenvalue weighted by molar-refractivity contribution is 0.0263. The monoisotopic (exact) mass is 523 g/mol. The van der Waals surface area contributed by atoms with E-state index in [9.17, 15) is 0 Å². The van der Waals surface area contributed by atoms with E-state index in [-0.39, 0.29) is 24.0 Å². The Morgan fingerprint density at radius 2 is 1.67 bits per heavy atom. The number of ether oxygens (including phenoxy) is 2. The van der Waals surface area contributed by atoms with E-state index in [2.05, 4.69) is 58.5 Å². The van der Waals surface area contributed by atoms with Gasteiger partial charge in [0, 0.05) is 33.3 Å². The van der Waals surface area contributed by atoms with Gasteiger partial charge < -0.3 is 19.7 Å². The van der Waals surface area contributed by atoms with Crippen molar-refractivity contribution in [3.63, 3.8) is 0 Å². The lowest BCUT2D eigenvalue weighted by Gasteiger charge is -2.34. The first-order valence-corrected chi connectivity index (χ1v) is 10.5. The smallest absolute Gasteiger partial charge is 0.193 e. The Hall–Kier alpha value is -1.64. The highest BCUT2D eigenvalue weighted by Crippen LogP contribution is 2.14. The maximum Gasteiger partial charge on any atom is 0.193 e. The van der Waals surface area contributed by atoms with Gasteiger partial charge in [-0.3, -0.25) is 4.99 Å². The van der Waals surface area contributed by atoms with Crippen LogP contribution >= 0.6 is 24.0 Å². The molecule has 1 fully saturated rings. The third-order valence-corrected chi connectivity index (χ3v) is 5.18. The Morgan fingerprint density at radius 3 is 2.37 bits per heavy atom. The van der Waals surface area contributed by atoms with E-state index in [0.29, 0.717) is 19.3 Å². The van der Waals surface area contributed by atoms with Gasteiger partial charge in [0.05, 0.1) is 19.3 Å². The fourth-order valence-electron chi connectivity index (χ4n) is 3.67. The number of rotatable bonds is 8. The van der Waals surface area contributed by atoms with Gasteiger partial charge in [-0.25, -0.2) is 0 Å². The molecule has 0 radical (unpaired) electrons. The minimum atomic E-state index is 0. The molecule has 0 spiro atoms. The Labute approximate surface area is 197 Å². The molecule has 1 N–H and O–H groups in total. The van der Waals surface area contributed by atoms with Crippen LogP contribution in [0.4, 0.5) is 0 Å². The molecule has 1 heterocycles. The number of hydrogen-bond donors (Lipinski definition) is 1. The highest BCUT2D eigenvalue weighted by molar-refractivity contribution is 14.0. The molecule has 0 atom stereocenters. The summed E-state index contributed by atoms with van der Waals surface area (Å²) in [7, 11) is 1.85. The molecule has 0 bridgehead atoms. The first-order valence-electron chi connectivity index (χ1n) is 10.5. The minimum Gasteiger partial charge on any atom is -0.378 e. The van der Waals surface area contributed by atoms with Crippen molar-refractivity contribution in [2.45, 2.75) is 45.6 Å². The molecule has 2 aromatic rings. The van der Waals surface area contributed by atoms with Gasteiger partial charge in [0.1, 0.15) is 0 Å². The lowest BCUT2D eigenvalue weighted by atomic mass is 10.1. The van der Waals surface area contributed by atoms with Crippen LogP contribution in [0.2, 0.25) is 0 Å². The molecule has 1 aliphatic rings. The van der Waals surface area contributed by atoms with Crippen LogP contribution in [-0.2, 0) is 29.2 Å². The van der Waals surface area contributed by atoms with Crippen LogP contribution in [0.1, 0.15) is 36.5 Å². The highest BCUT2D eigenvalue weighted by Gasteiger charge is 2.21. The number of aliphatic imine (C=N–C) groups is 1. The highest BCUT2D eigenvalue weighted by atomic mass is 127. The molecule has 1 aliphatic heterocycles. The Morgan fingerprint density at radius 1 is 1.00 bits per heavy atom. The zero-order chi connectivity index (χ0) is 20.3. The van der Waals surface area contributed by atoms with Crippen LogP contribution in [0.3, 0.4) is 0 Å². The number of likely N-dealkylation sites (tertiary alicyclic amines) is 1. The van der Waals surface area contributed by atoms with Gasteiger partial charge in [-0.15, -0.1) is 24.0 Å². The molecular formula is C24H34IN3O2. The first kappa shape index (κ1) is 24.6. The van der Waals surface area contributed by atoms with Crippen molar-refractivity contribution in [1.29, 1.82) is 0 Å². The number of guanidine groups is 1. The summed E-state index contributed by atoms with van der Waals surface area (Å²) in [4.78, 5) is 6.79. The van der Waals surface area contributed by atoms with Gasteiger partial charge in [-0.2, -0.15) is 0 Å². The summed E-state index contributed by atoms with van der Waals surface area (Å²) >= 11 is 0. The number of hydrogen-bond acceptors (Lipinski definition) is 3. The number of benzene rings is 2. The average Bonchev–Trinajstić information content (AvgIpc) is 2.76. The van der Waals surface area contributed by atoms with Crippen molar-refractivity contribution in [2.24, 2.45) is 4.99 Å². The molecule has 0 saturated carbocycles. The molecule has 1 saturated heterocycles. The van der Waals surface area contributed by atoms with Gasteiger partial charge in [0.2, 0.25) is 0 Å². The molecule has 0 aliphatic carbocycles. The SMILES string of the molecule is CCOC1CCN(C(=NC)NCc2cccc(COCc3ccccc3)c2)CC1.I. The van der Waals surface area contributed by atoms with E-state index in [1.807, 2.05) is 25.2 Å². The number of halogens is 1. The van der Waals surface area contributed by atoms with Crippen molar-refractivity contribution in [1.82, 2.24) is 10.2 Å². The lowest BCUT2D eigenvalue weighted by Crippen LogP contribution is -2.46. The molecule has 30 heavy (non-hydrogen) atoms. The second kappa shape index (κ2) is 13.6. The third-order valence-electron chi connectivity index (χ3n) is 5.18.